The molecule has 0 aliphatic rings. The van der Waals surface area contributed by atoms with Crippen molar-refractivity contribution in [3.8, 4) is 0 Å². The van der Waals surface area contributed by atoms with Crippen LogP contribution in [0.15, 0.2) is 56.9 Å². The summed E-state index contributed by atoms with van der Waals surface area (Å²) >= 11 is 4.99. The predicted octanol–water partition coefficient (Wildman–Crippen LogP) is 4.13. The molecule has 0 atom stereocenters. The van der Waals surface area contributed by atoms with Gasteiger partial charge in [-0.1, -0.05) is 39.8 Å². The number of nitrogens with zero attached hydrogens (tertiary/aromatic N) is 2. The lowest BCUT2D eigenvalue weighted by atomic mass is 10.3. The highest BCUT2D eigenvalue weighted by Gasteiger charge is 2.13. The predicted molar refractivity (Wildman–Crippen MR) is 108 cm³/mol. The Balaban J connectivity index is 0.00000264. The van der Waals surface area contributed by atoms with E-state index in [4.69, 9.17) is 0 Å². The molecule has 0 fully saturated rings. The van der Waals surface area contributed by atoms with E-state index in [-0.39, 0.29) is 30.7 Å². The number of amides is 1. The van der Waals surface area contributed by atoms with E-state index in [1.807, 2.05) is 43.4 Å². The third kappa shape index (κ3) is 6.99. The van der Waals surface area contributed by atoms with Crippen molar-refractivity contribution in [1.82, 2.24) is 15.2 Å². The minimum atomic E-state index is -0.0630. The number of carbonyl (C=O) groups excluding carboxylic acids is 1. The number of nitrogens with one attached hydrogen (secondary N) is 1. The lowest BCUT2D eigenvalue weighted by Gasteiger charge is -2.16. The molecule has 132 valence electrons. The molecule has 0 bridgehead atoms. The van der Waals surface area contributed by atoms with Crippen molar-refractivity contribution < 1.29 is 4.79 Å². The number of hydrogen-bond acceptors (Lipinski definition) is 4. The number of halogens is 3. The van der Waals surface area contributed by atoms with E-state index in [0.717, 1.165) is 20.9 Å². The normalized spacial score (nSPS) is 9.62. The second-order valence-electron chi connectivity index (χ2n) is 4.75. The molecule has 0 spiro atoms. The number of benzene rings is 1. The molecule has 0 unspecified atom stereocenters. The average molecular weight is 453 g/mol. The first kappa shape index (κ1) is 23.2. The van der Waals surface area contributed by atoms with Crippen LogP contribution >= 0.6 is 52.5 Å². The number of carbonyl (C=O) groups is 1. The van der Waals surface area contributed by atoms with Crippen molar-refractivity contribution in [1.29, 1.82) is 0 Å². The Morgan fingerprint density at radius 3 is 2.62 bits per heavy atom. The van der Waals surface area contributed by atoms with Crippen LogP contribution in [-0.4, -0.2) is 43.0 Å². The summed E-state index contributed by atoms with van der Waals surface area (Å²) in [5.41, 5.74) is 0.471. The fourth-order valence-corrected chi connectivity index (χ4v) is 3.23. The van der Waals surface area contributed by atoms with Gasteiger partial charge in [0.2, 0.25) is 0 Å². The molecule has 4 nitrogen and oxygen atoms in total. The average Bonchev–Trinajstić information content (AvgIpc) is 2.52. The molecule has 0 aliphatic heterocycles. The highest BCUT2D eigenvalue weighted by Crippen LogP contribution is 2.28. The van der Waals surface area contributed by atoms with Gasteiger partial charge in [0.05, 0.1) is 0 Å². The third-order valence-corrected chi connectivity index (χ3v) is 4.42. The molecule has 2 aromatic rings. The summed E-state index contributed by atoms with van der Waals surface area (Å²) in [6.45, 7) is 1.41. The van der Waals surface area contributed by atoms with Gasteiger partial charge in [-0.05, 0) is 37.4 Å². The minimum absolute atomic E-state index is 0. The van der Waals surface area contributed by atoms with Crippen molar-refractivity contribution in [2.24, 2.45) is 0 Å². The monoisotopic (exact) mass is 451 g/mol. The summed E-state index contributed by atoms with van der Waals surface area (Å²) in [7, 11) is 3.65. The van der Waals surface area contributed by atoms with Gasteiger partial charge in [0, 0.05) is 29.5 Å². The molecule has 0 saturated carbocycles. The largest absolute Gasteiger partial charge is 0.339 e. The van der Waals surface area contributed by atoms with Crippen LogP contribution < -0.4 is 5.32 Å². The van der Waals surface area contributed by atoms with Gasteiger partial charge in [0.1, 0.15) is 10.7 Å². The quantitative estimate of drug-likeness (QED) is 0.715. The van der Waals surface area contributed by atoms with Gasteiger partial charge in [0.15, 0.2) is 0 Å². The maximum absolute atomic E-state index is 12.3. The second-order valence-corrected chi connectivity index (χ2v) is 6.76. The number of hydrogen-bond donors (Lipinski definition) is 1. The summed E-state index contributed by atoms with van der Waals surface area (Å²) in [4.78, 5) is 19.5. The lowest BCUT2D eigenvalue weighted by molar-refractivity contribution is 0.0790. The molecular formula is C16H20BrCl2N3OS. The minimum Gasteiger partial charge on any atom is -0.339 e. The summed E-state index contributed by atoms with van der Waals surface area (Å²) in [6.07, 6.45) is 0. The zero-order valence-electron chi connectivity index (χ0n) is 13.4. The van der Waals surface area contributed by atoms with Gasteiger partial charge in [0.25, 0.3) is 5.91 Å². The Morgan fingerprint density at radius 1 is 1.25 bits per heavy atom. The van der Waals surface area contributed by atoms with Crippen LogP contribution in [0.4, 0.5) is 0 Å². The van der Waals surface area contributed by atoms with Crippen LogP contribution in [0.1, 0.15) is 10.5 Å². The van der Waals surface area contributed by atoms with Crippen LogP contribution in [0.2, 0.25) is 0 Å². The van der Waals surface area contributed by atoms with Crippen LogP contribution in [0.5, 0.6) is 0 Å². The molecule has 0 aliphatic carbocycles. The van der Waals surface area contributed by atoms with E-state index in [0.29, 0.717) is 12.2 Å². The maximum atomic E-state index is 12.3. The first-order chi connectivity index (χ1) is 10.6. The zero-order chi connectivity index (χ0) is 15.9. The van der Waals surface area contributed by atoms with Crippen LogP contribution in [0.3, 0.4) is 0 Å². The summed E-state index contributed by atoms with van der Waals surface area (Å²) < 4.78 is 1.02. The molecule has 24 heavy (non-hydrogen) atoms. The van der Waals surface area contributed by atoms with E-state index in [1.54, 1.807) is 18.0 Å². The van der Waals surface area contributed by atoms with Crippen molar-refractivity contribution in [2.75, 3.05) is 27.2 Å². The van der Waals surface area contributed by atoms with E-state index >= 15 is 0 Å². The first-order valence-corrected chi connectivity index (χ1v) is 8.51. The Hall–Kier alpha value is -0.790. The van der Waals surface area contributed by atoms with Gasteiger partial charge < -0.3 is 10.2 Å². The zero-order valence-corrected chi connectivity index (χ0v) is 17.4. The smallest absolute Gasteiger partial charge is 0.272 e. The van der Waals surface area contributed by atoms with E-state index in [9.17, 15) is 4.79 Å². The van der Waals surface area contributed by atoms with Crippen LogP contribution in [0, 0.1) is 0 Å². The number of rotatable bonds is 6. The van der Waals surface area contributed by atoms with Gasteiger partial charge in [-0.3, -0.25) is 4.79 Å². The Morgan fingerprint density at radius 2 is 1.96 bits per heavy atom. The van der Waals surface area contributed by atoms with Crippen molar-refractivity contribution in [3.05, 3.63) is 52.6 Å². The molecule has 1 N–H and O–H groups in total. The summed E-state index contributed by atoms with van der Waals surface area (Å²) in [6, 6.07) is 13.5. The van der Waals surface area contributed by atoms with E-state index in [2.05, 4.69) is 26.2 Å². The van der Waals surface area contributed by atoms with E-state index < -0.39 is 0 Å². The van der Waals surface area contributed by atoms with Crippen LogP contribution in [-0.2, 0) is 0 Å². The molecule has 8 heteroatoms. The highest BCUT2D eigenvalue weighted by atomic mass is 79.9. The Kier molecular flexibility index (Phi) is 11.3. The fraction of sp³-hybridized carbons (Fsp3) is 0.250. The van der Waals surface area contributed by atoms with Crippen molar-refractivity contribution in [2.45, 2.75) is 9.92 Å². The third-order valence-electron chi connectivity index (χ3n) is 3.01. The molecule has 1 aromatic carbocycles. The second kappa shape index (κ2) is 11.7. The van der Waals surface area contributed by atoms with Gasteiger partial charge in [-0.15, -0.1) is 24.8 Å². The molecule has 0 saturated heterocycles. The topological polar surface area (TPSA) is 45.2 Å². The summed E-state index contributed by atoms with van der Waals surface area (Å²) in [5.74, 6) is -0.0630. The van der Waals surface area contributed by atoms with Gasteiger partial charge in [-0.2, -0.15) is 0 Å². The lowest BCUT2D eigenvalue weighted by Crippen LogP contribution is -2.33. The van der Waals surface area contributed by atoms with Gasteiger partial charge >= 0.3 is 0 Å². The van der Waals surface area contributed by atoms with Gasteiger partial charge in [-0.25, -0.2) is 4.98 Å². The maximum Gasteiger partial charge on any atom is 0.272 e. The first-order valence-electron chi connectivity index (χ1n) is 6.90. The van der Waals surface area contributed by atoms with Crippen molar-refractivity contribution in [3.63, 3.8) is 0 Å². The molecular weight excluding hydrogens is 433 g/mol. The SMILES string of the molecule is CNCCN(C)C(=O)c1cccc(Sc2cccc(Br)c2)n1.Cl.Cl. The molecule has 2 rings (SSSR count). The molecule has 0 radical (unpaired) electrons. The Bertz CT molecular complexity index is 661. The van der Waals surface area contributed by atoms with E-state index in [1.165, 1.54) is 11.8 Å². The fourth-order valence-electron chi connectivity index (χ4n) is 1.82. The number of likely N-dealkylation sites (N-methyl/N-ethyl adjacent to an activating group) is 2. The molecule has 1 amide bonds. The highest BCUT2D eigenvalue weighted by molar-refractivity contribution is 9.10. The van der Waals surface area contributed by atoms with Crippen molar-refractivity contribution >= 4 is 58.4 Å². The number of aromatic nitrogens is 1. The molecule has 1 aromatic heterocycles. The molecule has 1 heterocycles. The standard InChI is InChI=1S/C16H18BrN3OS.2ClH/c1-18-9-10-20(2)16(21)14-7-4-8-15(19-14)22-13-6-3-5-12(17)11-13;;/h3-8,11,18H,9-10H2,1-2H3;2*1H. The van der Waals surface area contributed by atoms with Crippen LogP contribution in [0.25, 0.3) is 0 Å². The Labute approximate surface area is 167 Å². The number of pyridine rings is 1. The summed E-state index contributed by atoms with van der Waals surface area (Å²) in [5, 5.41) is 3.84.